The molecule has 0 atom stereocenters. The van der Waals surface area contributed by atoms with Crippen molar-refractivity contribution in [2.75, 3.05) is 5.32 Å². The fourth-order valence-corrected chi connectivity index (χ4v) is 2.72. The number of benzene rings is 1. The van der Waals surface area contributed by atoms with Crippen LogP contribution in [0.25, 0.3) is 0 Å². The zero-order chi connectivity index (χ0) is 18.4. The maximum Gasteiger partial charge on any atom is 0.270 e. The molecular weight excluding hydrogens is 350 g/mol. The molecule has 0 saturated heterocycles. The quantitative estimate of drug-likeness (QED) is 0.724. The van der Waals surface area contributed by atoms with E-state index in [4.69, 9.17) is 5.26 Å². The number of carbonyl (C=O) groups excluding carboxylic acids is 2. The van der Waals surface area contributed by atoms with Crippen molar-refractivity contribution in [2.24, 2.45) is 0 Å². The number of nitriles is 1. The smallest absolute Gasteiger partial charge is 0.270 e. The molecule has 2 amide bonds. The summed E-state index contributed by atoms with van der Waals surface area (Å²) in [6.45, 7) is 0.297. The van der Waals surface area contributed by atoms with Gasteiger partial charge in [0.1, 0.15) is 17.8 Å². The highest BCUT2D eigenvalue weighted by molar-refractivity contribution is 7.12. The molecule has 2 N–H and O–H groups in total. The Balaban J connectivity index is 1.62. The molecular formula is C18H13N5O2S. The van der Waals surface area contributed by atoms with Gasteiger partial charge < -0.3 is 10.6 Å². The van der Waals surface area contributed by atoms with E-state index in [-0.39, 0.29) is 23.3 Å². The zero-order valence-electron chi connectivity index (χ0n) is 13.5. The number of anilines is 1. The average molecular weight is 363 g/mol. The predicted molar refractivity (Wildman–Crippen MR) is 96.6 cm³/mol. The molecule has 7 nitrogen and oxygen atoms in total. The lowest BCUT2D eigenvalue weighted by atomic mass is 10.1. The van der Waals surface area contributed by atoms with E-state index in [0.29, 0.717) is 17.0 Å². The fraction of sp³-hybridized carbons (Fsp3) is 0.0556. The molecule has 0 saturated carbocycles. The summed E-state index contributed by atoms with van der Waals surface area (Å²) in [7, 11) is 0. The average Bonchev–Trinajstić information content (AvgIpc) is 3.22. The van der Waals surface area contributed by atoms with Gasteiger partial charge in [-0.1, -0.05) is 18.2 Å². The van der Waals surface area contributed by atoms with E-state index < -0.39 is 0 Å². The van der Waals surface area contributed by atoms with Crippen LogP contribution in [0.3, 0.4) is 0 Å². The first kappa shape index (κ1) is 17.3. The summed E-state index contributed by atoms with van der Waals surface area (Å²) in [6.07, 6.45) is 1.22. The van der Waals surface area contributed by atoms with E-state index in [1.165, 1.54) is 23.7 Å². The largest absolute Gasteiger partial charge is 0.347 e. The van der Waals surface area contributed by atoms with Crippen LogP contribution in [-0.2, 0) is 6.54 Å². The van der Waals surface area contributed by atoms with Gasteiger partial charge in [0.25, 0.3) is 11.8 Å². The number of hydrogen-bond donors (Lipinski definition) is 2. The van der Waals surface area contributed by atoms with Crippen molar-refractivity contribution in [1.29, 1.82) is 5.26 Å². The molecule has 0 radical (unpaired) electrons. The maximum atomic E-state index is 12.2. The summed E-state index contributed by atoms with van der Waals surface area (Å²) < 4.78 is 0. The molecule has 8 heteroatoms. The summed E-state index contributed by atoms with van der Waals surface area (Å²) in [5, 5.41) is 16.0. The number of rotatable bonds is 5. The Morgan fingerprint density at radius 3 is 2.62 bits per heavy atom. The molecule has 0 spiro atoms. The van der Waals surface area contributed by atoms with Crippen LogP contribution in [0.2, 0.25) is 0 Å². The van der Waals surface area contributed by atoms with Gasteiger partial charge in [-0.25, -0.2) is 9.97 Å². The number of carbonyl (C=O) groups is 2. The van der Waals surface area contributed by atoms with Gasteiger partial charge in [0, 0.05) is 12.6 Å². The maximum absolute atomic E-state index is 12.2. The molecule has 0 aliphatic heterocycles. The Morgan fingerprint density at radius 1 is 1.12 bits per heavy atom. The molecule has 2 heterocycles. The van der Waals surface area contributed by atoms with E-state index in [1.807, 2.05) is 6.07 Å². The highest BCUT2D eigenvalue weighted by Crippen LogP contribution is 2.12. The number of nitrogens with one attached hydrogen (secondary N) is 2. The van der Waals surface area contributed by atoms with Gasteiger partial charge in [-0.2, -0.15) is 5.26 Å². The van der Waals surface area contributed by atoms with E-state index >= 15 is 0 Å². The lowest BCUT2D eigenvalue weighted by molar-refractivity contribution is 0.0944. The second kappa shape index (κ2) is 8.00. The van der Waals surface area contributed by atoms with Gasteiger partial charge in [-0.3, -0.25) is 9.59 Å². The van der Waals surface area contributed by atoms with Crippen LogP contribution >= 0.6 is 11.3 Å². The van der Waals surface area contributed by atoms with Crippen LogP contribution in [0, 0.1) is 11.3 Å². The lowest BCUT2D eigenvalue weighted by Gasteiger charge is -2.07. The molecule has 0 unspecified atom stereocenters. The summed E-state index contributed by atoms with van der Waals surface area (Å²) in [5.41, 5.74) is 1.56. The number of aromatic nitrogens is 2. The Bertz CT molecular complexity index is 962. The van der Waals surface area contributed by atoms with Gasteiger partial charge in [-0.15, -0.1) is 11.3 Å². The standard InChI is InChI=1S/C18H13N5O2S/c19-9-12-3-5-13(6-4-12)10-20-17(24)14-8-16(22-11-21-14)23-18(25)15-2-1-7-26-15/h1-8,11H,10H2,(H,20,24)(H,21,22,23,25). The van der Waals surface area contributed by atoms with Crippen molar-refractivity contribution < 1.29 is 9.59 Å². The predicted octanol–water partition coefficient (Wildman–Crippen LogP) is 2.59. The fourth-order valence-electron chi connectivity index (χ4n) is 2.11. The van der Waals surface area contributed by atoms with Crippen LogP contribution in [0.4, 0.5) is 5.82 Å². The Hall–Kier alpha value is -3.57. The first-order valence-electron chi connectivity index (χ1n) is 7.60. The summed E-state index contributed by atoms with van der Waals surface area (Å²) in [6, 6.07) is 13.8. The van der Waals surface area contributed by atoms with Crippen molar-refractivity contribution >= 4 is 29.0 Å². The molecule has 0 aliphatic rings. The zero-order valence-corrected chi connectivity index (χ0v) is 14.3. The Labute approximate surface area is 153 Å². The van der Waals surface area contributed by atoms with Gasteiger partial charge >= 0.3 is 0 Å². The lowest BCUT2D eigenvalue weighted by Crippen LogP contribution is -2.24. The third kappa shape index (κ3) is 4.28. The molecule has 3 rings (SSSR count). The minimum absolute atomic E-state index is 0.148. The summed E-state index contributed by atoms with van der Waals surface area (Å²) in [4.78, 5) is 32.7. The van der Waals surface area contributed by atoms with Crippen molar-refractivity contribution in [3.8, 4) is 6.07 Å². The summed E-state index contributed by atoms with van der Waals surface area (Å²) in [5.74, 6) is -0.423. The van der Waals surface area contributed by atoms with Gasteiger partial charge in [-0.05, 0) is 29.1 Å². The third-order valence-corrected chi connectivity index (χ3v) is 4.29. The van der Waals surface area contributed by atoms with Gasteiger partial charge in [0.2, 0.25) is 0 Å². The van der Waals surface area contributed by atoms with E-state index in [1.54, 1.807) is 41.8 Å². The Morgan fingerprint density at radius 2 is 1.92 bits per heavy atom. The number of nitrogens with zero attached hydrogens (tertiary/aromatic N) is 3. The van der Waals surface area contributed by atoms with Gasteiger partial charge in [0.05, 0.1) is 16.5 Å². The Kier molecular flexibility index (Phi) is 5.31. The van der Waals surface area contributed by atoms with E-state index in [9.17, 15) is 9.59 Å². The van der Waals surface area contributed by atoms with Crippen LogP contribution in [-0.4, -0.2) is 21.8 Å². The molecule has 1 aromatic carbocycles. The SMILES string of the molecule is N#Cc1ccc(CNC(=O)c2cc(NC(=O)c3cccs3)ncn2)cc1. The molecule has 2 aromatic heterocycles. The second-order valence-electron chi connectivity index (χ2n) is 5.21. The number of amides is 2. The minimum atomic E-state index is -0.386. The summed E-state index contributed by atoms with van der Waals surface area (Å²) >= 11 is 1.31. The minimum Gasteiger partial charge on any atom is -0.347 e. The van der Waals surface area contributed by atoms with Gasteiger partial charge in [0.15, 0.2) is 0 Å². The molecule has 26 heavy (non-hydrogen) atoms. The third-order valence-electron chi connectivity index (χ3n) is 3.42. The van der Waals surface area contributed by atoms with Crippen molar-refractivity contribution in [3.05, 3.63) is 75.9 Å². The monoisotopic (exact) mass is 363 g/mol. The first-order valence-corrected chi connectivity index (χ1v) is 8.48. The first-order chi connectivity index (χ1) is 12.7. The molecule has 0 bridgehead atoms. The molecule has 0 aliphatic carbocycles. The van der Waals surface area contributed by atoms with Crippen molar-refractivity contribution in [3.63, 3.8) is 0 Å². The highest BCUT2D eigenvalue weighted by atomic mass is 32.1. The highest BCUT2D eigenvalue weighted by Gasteiger charge is 2.12. The topological polar surface area (TPSA) is 108 Å². The van der Waals surface area contributed by atoms with E-state index in [0.717, 1.165) is 5.56 Å². The number of hydrogen-bond acceptors (Lipinski definition) is 6. The van der Waals surface area contributed by atoms with Crippen LogP contribution < -0.4 is 10.6 Å². The number of thiophene rings is 1. The van der Waals surface area contributed by atoms with Crippen molar-refractivity contribution in [1.82, 2.24) is 15.3 Å². The molecule has 128 valence electrons. The molecule has 0 fully saturated rings. The molecule has 3 aromatic rings. The van der Waals surface area contributed by atoms with E-state index in [2.05, 4.69) is 20.6 Å². The second-order valence-corrected chi connectivity index (χ2v) is 6.16. The van der Waals surface area contributed by atoms with Crippen LogP contribution in [0.5, 0.6) is 0 Å². The van der Waals surface area contributed by atoms with Crippen LogP contribution in [0.1, 0.15) is 31.3 Å². The van der Waals surface area contributed by atoms with Crippen LogP contribution in [0.15, 0.2) is 54.2 Å². The van der Waals surface area contributed by atoms with Crippen molar-refractivity contribution in [2.45, 2.75) is 6.54 Å². The normalized spacial score (nSPS) is 9.96.